The Kier molecular flexibility index (Phi) is 4.50. The zero-order valence-corrected chi connectivity index (χ0v) is 8.49. The van der Waals surface area contributed by atoms with E-state index in [1.165, 1.54) is 0 Å². The lowest BCUT2D eigenvalue weighted by Gasteiger charge is -2.11. The van der Waals surface area contributed by atoms with E-state index in [0.29, 0.717) is 0 Å². The molecular weight excluding hydrogens is 211 g/mol. The summed E-state index contributed by atoms with van der Waals surface area (Å²) in [5, 5.41) is 16.8. The Balaban J connectivity index is 4.66. The van der Waals surface area contributed by atoms with Crippen molar-refractivity contribution >= 4 is 24.9 Å². The molecule has 0 saturated carbocycles. The quantitative estimate of drug-likeness (QED) is 0.617. The fourth-order valence-corrected chi connectivity index (χ4v) is 3.20. The van der Waals surface area contributed by atoms with Crippen LogP contribution in [0.3, 0.4) is 0 Å². The van der Waals surface area contributed by atoms with Crippen molar-refractivity contribution in [1.29, 1.82) is 0 Å². The van der Waals surface area contributed by atoms with Gasteiger partial charge in [-0.1, -0.05) is 0 Å². The van der Waals surface area contributed by atoms with Gasteiger partial charge in [0.25, 0.3) is 0 Å². The van der Waals surface area contributed by atoms with Crippen LogP contribution in [0.15, 0.2) is 0 Å². The number of hydrogen-bond acceptors (Lipinski definition) is 4. The van der Waals surface area contributed by atoms with Gasteiger partial charge in [-0.15, -0.1) is 0 Å². The molecule has 0 aromatic carbocycles. The maximum absolute atomic E-state index is 11.7. The second kappa shape index (κ2) is 4.91. The zero-order chi connectivity index (χ0) is 11.4. The van der Waals surface area contributed by atoms with Crippen LogP contribution in [0, 0.1) is 0 Å². The number of hydrogen-bond donors (Lipinski definition) is 2. The SMILES string of the molecule is CC(=O)CP(=O)(CC(=O)O)CC(=O)O. The molecule has 80 valence electrons. The van der Waals surface area contributed by atoms with Gasteiger partial charge in [-0.2, -0.15) is 0 Å². The van der Waals surface area contributed by atoms with Crippen molar-refractivity contribution in [2.24, 2.45) is 0 Å². The Morgan fingerprint density at radius 1 is 1.00 bits per heavy atom. The molecule has 0 aromatic heterocycles. The van der Waals surface area contributed by atoms with Crippen LogP contribution in [0.5, 0.6) is 0 Å². The minimum Gasteiger partial charge on any atom is -0.481 e. The first-order chi connectivity index (χ1) is 6.25. The molecule has 0 saturated heterocycles. The third-order valence-electron chi connectivity index (χ3n) is 1.36. The van der Waals surface area contributed by atoms with Crippen LogP contribution in [-0.4, -0.2) is 46.4 Å². The van der Waals surface area contributed by atoms with Gasteiger partial charge >= 0.3 is 11.9 Å². The molecule has 0 atom stereocenters. The molecule has 0 unspecified atom stereocenters. The summed E-state index contributed by atoms with van der Waals surface area (Å²) in [6, 6.07) is 0. The van der Waals surface area contributed by atoms with Gasteiger partial charge < -0.3 is 14.8 Å². The summed E-state index contributed by atoms with van der Waals surface area (Å²) in [4.78, 5) is 31.3. The van der Waals surface area contributed by atoms with E-state index < -0.39 is 43.3 Å². The normalized spacial score (nSPS) is 10.9. The molecule has 0 fully saturated rings. The second-order valence-corrected chi connectivity index (χ2v) is 6.09. The van der Waals surface area contributed by atoms with Gasteiger partial charge in [-0.3, -0.25) is 14.4 Å². The molecule has 0 rings (SSSR count). The van der Waals surface area contributed by atoms with Gasteiger partial charge in [0.1, 0.15) is 12.9 Å². The summed E-state index contributed by atoms with van der Waals surface area (Å²) in [5.74, 6) is -3.16. The number of carboxylic acids is 2. The van der Waals surface area contributed by atoms with E-state index in [1.807, 2.05) is 0 Å². The van der Waals surface area contributed by atoms with Crippen molar-refractivity contribution in [2.45, 2.75) is 6.92 Å². The van der Waals surface area contributed by atoms with Crippen LogP contribution in [0.1, 0.15) is 6.92 Å². The number of carboxylic acid groups (broad SMARTS) is 2. The van der Waals surface area contributed by atoms with Gasteiger partial charge in [0, 0.05) is 0 Å². The molecular formula is C7H11O6P. The Bertz CT molecular complexity index is 260. The van der Waals surface area contributed by atoms with Gasteiger partial charge in [0.15, 0.2) is 0 Å². The predicted octanol–water partition coefficient (Wildman–Crippen LogP) is 0.108. The summed E-state index contributed by atoms with van der Waals surface area (Å²) in [7, 11) is -3.44. The molecule has 2 N–H and O–H groups in total. The molecule has 7 heteroatoms. The van der Waals surface area contributed by atoms with E-state index in [0.717, 1.165) is 6.92 Å². The standard InChI is InChI=1S/C7H11O6P/c1-5(8)2-14(13,3-6(9)10)4-7(11)12/h2-4H2,1H3,(H,9,10)(H,11,12). The van der Waals surface area contributed by atoms with Crippen molar-refractivity contribution < 1.29 is 29.2 Å². The molecule has 0 aliphatic heterocycles. The average Bonchev–Trinajstić information content (AvgIpc) is 1.76. The van der Waals surface area contributed by atoms with Crippen LogP contribution >= 0.6 is 7.14 Å². The Hall–Kier alpha value is -1.16. The minimum absolute atomic E-state index is 0.462. The maximum Gasteiger partial charge on any atom is 0.310 e. The average molecular weight is 222 g/mol. The largest absolute Gasteiger partial charge is 0.481 e. The monoisotopic (exact) mass is 222 g/mol. The molecule has 0 spiro atoms. The summed E-state index contributed by atoms with van der Waals surface area (Å²) in [6.45, 7) is 1.15. The zero-order valence-electron chi connectivity index (χ0n) is 7.60. The molecule has 0 amide bonds. The van der Waals surface area contributed by atoms with Gasteiger partial charge in [-0.25, -0.2) is 0 Å². The predicted molar refractivity (Wildman–Crippen MR) is 48.2 cm³/mol. The number of ketones is 1. The van der Waals surface area contributed by atoms with E-state index in [9.17, 15) is 18.9 Å². The second-order valence-electron chi connectivity index (χ2n) is 3.02. The van der Waals surface area contributed by atoms with E-state index in [4.69, 9.17) is 10.2 Å². The fraction of sp³-hybridized carbons (Fsp3) is 0.571. The number of rotatable bonds is 6. The smallest absolute Gasteiger partial charge is 0.310 e. The van der Waals surface area contributed by atoms with Crippen LogP contribution in [0.2, 0.25) is 0 Å². The molecule has 0 aliphatic rings. The van der Waals surface area contributed by atoms with Gasteiger partial charge in [0.2, 0.25) is 0 Å². The van der Waals surface area contributed by atoms with Crippen molar-refractivity contribution in [1.82, 2.24) is 0 Å². The maximum atomic E-state index is 11.7. The number of aliphatic carboxylic acids is 2. The van der Waals surface area contributed by atoms with Crippen molar-refractivity contribution in [3.63, 3.8) is 0 Å². The molecule has 6 nitrogen and oxygen atoms in total. The molecule has 0 aromatic rings. The third-order valence-corrected chi connectivity index (χ3v) is 4.07. The van der Waals surface area contributed by atoms with Crippen LogP contribution < -0.4 is 0 Å². The van der Waals surface area contributed by atoms with Crippen LogP contribution in [0.4, 0.5) is 0 Å². The Morgan fingerprint density at radius 2 is 1.36 bits per heavy atom. The van der Waals surface area contributed by atoms with Crippen molar-refractivity contribution in [2.75, 3.05) is 18.5 Å². The van der Waals surface area contributed by atoms with Crippen molar-refractivity contribution in [3.05, 3.63) is 0 Å². The molecule has 14 heavy (non-hydrogen) atoms. The highest BCUT2D eigenvalue weighted by Crippen LogP contribution is 2.44. The first-order valence-electron chi connectivity index (χ1n) is 3.75. The molecule has 0 heterocycles. The van der Waals surface area contributed by atoms with E-state index in [1.54, 1.807) is 0 Å². The van der Waals surface area contributed by atoms with Gasteiger partial charge in [-0.05, 0) is 6.92 Å². The third kappa shape index (κ3) is 5.48. The lowest BCUT2D eigenvalue weighted by atomic mass is 10.5. The molecule has 0 aliphatic carbocycles. The fourth-order valence-electron chi connectivity index (χ4n) is 1.07. The van der Waals surface area contributed by atoms with E-state index in [-0.39, 0.29) is 0 Å². The lowest BCUT2D eigenvalue weighted by Crippen LogP contribution is -2.16. The highest BCUT2D eigenvalue weighted by molar-refractivity contribution is 7.66. The number of carbonyl (C=O) groups is 3. The summed E-state index contributed by atoms with van der Waals surface area (Å²) >= 11 is 0. The first kappa shape index (κ1) is 12.8. The van der Waals surface area contributed by atoms with Crippen molar-refractivity contribution in [3.8, 4) is 0 Å². The van der Waals surface area contributed by atoms with E-state index in [2.05, 4.69) is 0 Å². The number of Topliss-reactive ketones (excluding diaryl/α,β-unsaturated/α-hetero) is 1. The van der Waals surface area contributed by atoms with Crippen LogP contribution in [0.25, 0.3) is 0 Å². The first-order valence-corrected chi connectivity index (χ1v) is 6.01. The molecule has 0 bridgehead atoms. The van der Waals surface area contributed by atoms with E-state index >= 15 is 0 Å². The minimum atomic E-state index is -3.44. The lowest BCUT2D eigenvalue weighted by molar-refractivity contribution is -0.134. The highest BCUT2D eigenvalue weighted by Gasteiger charge is 2.30. The Labute approximate surface area is 80.3 Å². The summed E-state index contributed by atoms with van der Waals surface area (Å²) in [6.07, 6.45) is -1.97. The summed E-state index contributed by atoms with van der Waals surface area (Å²) < 4.78 is 11.7. The van der Waals surface area contributed by atoms with Gasteiger partial charge in [0.05, 0.1) is 18.5 Å². The van der Waals surface area contributed by atoms with Crippen LogP contribution in [-0.2, 0) is 18.9 Å². The molecule has 0 radical (unpaired) electrons. The number of carbonyl (C=O) groups excluding carboxylic acids is 1. The summed E-state index contributed by atoms with van der Waals surface area (Å²) in [5.41, 5.74) is 0. The topological polar surface area (TPSA) is 109 Å². The Morgan fingerprint density at radius 3 is 1.57 bits per heavy atom. The highest BCUT2D eigenvalue weighted by atomic mass is 31.2.